The Morgan fingerprint density at radius 1 is 1.38 bits per heavy atom. The molecule has 1 amide bonds. The van der Waals surface area contributed by atoms with Gasteiger partial charge in [0.05, 0.1) is 12.8 Å². The van der Waals surface area contributed by atoms with Gasteiger partial charge in [-0.1, -0.05) is 6.07 Å². The summed E-state index contributed by atoms with van der Waals surface area (Å²) in [6.07, 6.45) is 4.70. The first-order chi connectivity index (χ1) is 10.2. The molecule has 4 unspecified atom stereocenters. The number of piperidine rings is 1. The van der Waals surface area contributed by atoms with Crippen LogP contribution in [0.2, 0.25) is 0 Å². The van der Waals surface area contributed by atoms with Crippen LogP contribution in [0, 0.1) is 5.92 Å². The number of hydrogen-bond donors (Lipinski definition) is 1. The summed E-state index contributed by atoms with van der Waals surface area (Å²) in [4.78, 5) is 14.9. The normalized spacial score (nSPS) is 33.4. The van der Waals surface area contributed by atoms with Crippen LogP contribution in [0.15, 0.2) is 18.2 Å². The minimum absolute atomic E-state index is 0.0247. The summed E-state index contributed by atoms with van der Waals surface area (Å²) in [6.45, 7) is 4.15. The maximum Gasteiger partial charge on any atom is 0.252 e. The average Bonchev–Trinajstić information content (AvgIpc) is 3.05. The predicted molar refractivity (Wildman–Crippen MR) is 80.4 cm³/mol. The summed E-state index contributed by atoms with van der Waals surface area (Å²) in [5.74, 6) is 1.67. The summed E-state index contributed by atoms with van der Waals surface area (Å²) in [5, 5.41) is 3.20. The predicted octanol–water partition coefficient (Wildman–Crippen LogP) is 2.18. The fourth-order valence-corrected chi connectivity index (χ4v) is 4.08. The summed E-state index contributed by atoms with van der Waals surface area (Å²) in [7, 11) is 0. The molecule has 3 aliphatic heterocycles. The number of carbonyl (C=O) groups is 1. The van der Waals surface area contributed by atoms with Gasteiger partial charge in [-0.25, -0.2) is 0 Å². The Kier molecular flexibility index (Phi) is 3.14. The molecule has 21 heavy (non-hydrogen) atoms. The van der Waals surface area contributed by atoms with E-state index in [0.717, 1.165) is 44.1 Å². The summed E-state index contributed by atoms with van der Waals surface area (Å²) >= 11 is 0. The highest BCUT2D eigenvalue weighted by molar-refractivity contribution is 5.95. The number of hydrogen-bond acceptors (Lipinski definition) is 3. The second kappa shape index (κ2) is 5.02. The number of aryl methyl sites for hydroxylation is 1. The van der Waals surface area contributed by atoms with Crippen molar-refractivity contribution >= 4 is 5.91 Å². The molecular weight excluding hydrogens is 264 g/mol. The molecule has 0 spiro atoms. The van der Waals surface area contributed by atoms with Gasteiger partial charge in [0.1, 0.15) is 5.75 Å². The number of amides is 1. The number of nitrogens with zero attached hydrogens (tertiary/aromatic N) is 1. The third kappa shape index (κ3) is 2.31. The Hall–Kier alpha value is -1.55. The molecule has 0 aromatic heterocycles. The van der Waals surface area contributed by atoms with Crippen molar-refractivity contribution in [1.29, 1.82) is 0 Å². The van der Waals surface area contributed by atoms with Crippen LogP contribution in [-0.4, -0.2) is 36.2 Å². The maximum atomic E-state index is 12.5. The quantitative estimate of drug-likeness (QED) is 0.906. The number of benzene rings is 1. The van der Waals surface area contributed by atoms with Gasteiger partial charge in [-0.2, -0.15) is 0 Å². The van der Waals surface area contributed by atoms with Crippen molar-refractivity contribution in [3.63, 3.8) is 0 Å². The maximum absolute atomic E-state index is 12.5. The summed E-state index contributed by atoms with van der Waals surface area (Å²) < 4.78 is 5.66. The van der Waals surface area contributed by atoms with Crippen molar-refractivity contribution in [2.75, 3.05) is 13.2 Å². The summed E-state index contributed by atoms with van der Waals surface area (Å²) in [5.41, 5.74) is 1.93. The first kappa shape index (κ1) is 13.1. The Morgan fingerprint density at radius 3 is 3.10 bits per heavy atom. The Bertz CT molecular complexity index is 572. The SMILES string of the molecule is CC1CC2CC(NC(=O)c3ccc4c(c3)OCCC4)N1C2. The molecule has 0 aliphatic carbocycles. The first-order valence-corrected chi connectivity index (χ1v) is 8.03. The zero-order valence-electron chi connectivity index (χ0n) is 12.5. The van der Waals surface area contributed by atoms with E-state index >= 15 is 0 Å². The molecule has 0 saturated carbocycles. The van der Waals surface area contributed by atoms with Gasteiger partial charge in [0, 0.05) is 18.2 Å². The lowest BCUT2D eigenvalue weighted by molar-refractivity contribution is 0.0849. The van der Waals surface area contributed by atoms with Crippen molar-refractivity contribution in [3.05, 3.63) is 29.3 Å². The van der Waals surface area contributed by atoms with E-state index in [4.69, 9.17) is 4.74 Å². The van der Waals surface area contributed by atoms with E-state index in [1.165, 1.54) is 12.0 Å². The van der Waals surface area contributed by atoms with Gasteiger partial charge in [-0.3, -0.25) is 9.69 Å². The molecule has 1 aromatic rings. The molecule has 2 fully saturated rings. The molecule has 112 valence electrons. The van der Waals surface area contributed by atoms with Crippen molar-refractivity contribution in [2.24, 2.45) is 5.92 Å². The first-order valence-electron chi connectivity index (χ1n) is 8.03. The number of carbonyl (C=O) groups excluding carboxylic acids is 1. The fourth-order valence-electron chi connectivity index (χ4n) is 4.08. The number of nitrogens with one attached hydrogen (secondary N) is 1. The lowest BCUT2D eigenvalue weighted by Gasteiger charge is -2.31. The lowest BCUT2D eigenvalue weighted by atomic mass is 9.99. The second-order valence-electron chi connectivity index (χ2n) is 6.65. The standard InChI is InChI=1S/C17H22N2O2/c1-11-7-12-8-16(19(11)10-12)18-17(20)14-5-4-13-3-2-6-21-15(13)9-14/h4-5,9,11-12,16H,2-3,6-8,10H2,1H3,(H,18,20). The van der Waals surface area contributed by atoms with E-state index in [1.54, 1.807) is 0 Å². The van der Waals surface area contributed by atoms with Crippen molar-refractivity contribution < 1.29 is 9.53 Å². The summed E-state index contributed by atoms with van der Waals surface area (Å²) in [6, 6.07) is 6.46. The van der Waals surface area contributed by atoms with Gasteiger partial charge in [-0.05, 0) is 56.2 Å². The van der Waals surface area contributed by atoms with Crippen LogP contribution >= 0.6 is 0 Å². The van der Waals surface area contributed by atoms with E-state index in [0.29, 0.717) is 11.6 Å². The van der Waals surface area contributed by atoms with Crippen LogP contribution in [0.3, 0.4) is 0 Å². The van der Waals surface area contributed by atoms with Gasteiger partial charge in [0.2, 0.25) is 0 Å². The van der Waals surface area contributed by atoms with Crippen molar-refractivity contribution in [1.82, 2.24) is 10.2 Å². The Labute approximate surface area is 125 Å². The molecule has 2 bridgehead atoms. The van der Waals surface area contributed by atoms with Crippen LogP contribution in [0.5, 0.6) is 5.75 Å². The molecule has 4 rings (SSSR count). The van der Waals surface area contributed by atoms with Gasteiger partial charge in [0.15, 0.2) is 0 Å². The number of rotatable bonds is 2. The largest absolute Gasteiger partial charge is 0.493 e. The monoisotopic (exact) mass is 286 g/mol. The zero-order valence-corrected chi connectivity index (χ0v) is 12.5. The molecule has 4 nitrogen and oxygen atoms in total. The van der Waals surface area contributed by atoms with Crippen molar-refractivity contribution in [2.45, 2.75) is 44.8 Å². The van der Waals surface area contributed by atoms with Gasteiger partial charge >= 0.3 is 0 Å². The van der Waals surface area contributed by atoms with Crippen LogP contribution in [0.4, 0.5) is 0 Å². The van der Waals surface area contributed by atoms with E-state index in [1.807, 2.05) is 18.2 Å². The van der Waals surface area contributed by atoms with Gasteiger partial charge in [-0.15, -0.1) is 0 Å². The third-order valence-corrected chi connectivity index (χ3v) is 5.14. The molecule has 2 saturated heterocycles. The topological polar surface area (TPSA) is 41.6 Å². The molecule has 3 aliphatic rings. The van der Waals surface area contributed by atoms with Gasteiger partial charge < -0.3 is 10.1 Å². The third-order valence-electron chi connectivity index (χ3n) is 5.14. The second-order valence-corrected chi connectivity index (χ2v) is 6.65. The average molecular weight is 286 g/mol. The van der Waals surface area contributed by atoms with E-state index in [2.05, 4.69) is 17.1 Å². The van der Waals surface area contributed by atoms with Crippen molar-refractivity contribution in [3.8, 4) is 5.75 Å². The zero-order chi connectivity index (χ0) is 14.4. The highest BCUT2D eigenvalue weighted by atomic mass is 16.5. The highest BCUT2D eigenvalue weighted by Gasteiger charge is 2.42. The molecule has 3 heterocycles. The molecule has 4 heteroatoms. The minimum atomic E-state index is 0.0247. The fraction of sp³-hybridized carbons (Fsp3) is 0.588. The molecule has 0 radical (unpaired) electrons. The molecule has 1 aromatic carbocycles. The minimum Gasteiger partial charge on any atom is -0.493 e. The smallest absolute Gasteiger partial charge is 0.252 e. The Morgan fingerprint density at radius 2 is 2.29 bits per heavy atom. The van der Waals surface area contributed by atoms with Crippen LogP contribution < -0.4 is 10.1 Å². The molecule has 4 atom stereocenters. The lowest BCUT2D eigenvalue weighted by Crippen LogP contribution is -2.48. The van der Waals surface area contributed by atoms with E-state index in [-0.39, 0.29) is 12.1 Å². The van der Waals surface area contributed by atoms with E-state index < -0.39 is 0 Å². The van der Waals surface area contributed by atoms with Gasteiger partial charge in [0.25, 0.3) is 5.91 Å². The van der Waals surface area contributed by atoms with Crippen LogP contribution in [0.25, 0.3) is 0 Å². The molecular formula is C17H22N2O2. The highest BCUT2D eigenvalue weighted by Crippen LogP contribution is 2.36. The van der Waals surface area contributed by atoms with E-state index in [9.17, 15) is 4.79 Å². The Balaban J connectivity index is 1.48. The molecule has 1 N–H and O–H groups in total. The number of ether oxygens (including phenoxy) is 1. The number of fused-ring (bicyclic) bond motifs is 3. The van der Waals surface area contributed by atoms with Crippen LogP contribution in [-0.2, 0) is 6.42 Å². The van der Waals surface area contributed by atoms with Crippen LogP contribution in [0.1, 0.15) is 42.1 Å².